The van der Waals surface area contributed by atoms with Gasteiger partial charge in [0.15, 0.2) is 0 Å². The first-order chi connectivity index (χ1) is 61.6. The van der Waals surface area contributed by atoms with Gasteiger partial charge in [-0.25, -0.2) is 0 Å². The number of benzene rings is 5. The van der Waals surface area contributed by atoms with E-state index < -0.39 is 41.8 Å². The highest BCUT2D eigenvalue weighted by molar-refractivity contribution is 5.74. The predicted octanol–water partition coefficient (Wildman–Crippen LogP) is 3.11. The number of rotatable bonds is 34. The quantitative estimate of drug-likeness (QED) is 0.0264. The monoisotopic (exact) mass is 1830 g/mol. The third kappa shape index (κ3) is 75.2. The highest BCUT2D eigenvalue weighted by Crippen LogP contribution is 2.27. The van der Waals surface area contributed by atoms with E-state index >= 15 is 0 Å². The fraction of sp³-hybridized carbons (Fsp3) is 0.506. The maximum Gasteiger partial charge on any atom is 0.373 e. The van der Waals surface area contributed by atoms with Crippen LogP contribution in [0.2, 0.25) is 0 Å². The summed E-state index contributed by atoms with van der Waals surface area (Å²) in [7, 11) is 14.1. The fourth-order valence-electron chi connectivity index (χ4n) is 12.7. The van der Waals surface area contributed by atoms with E-state index in [0.717, 1.165) is 55.5 Å². The van der Waals surface area contributed by atoms with Gasteiger partial charge in [-0.15, -0.1) is 0 Å². The molecule has 41 nitrogen and oxygen atoms in total. The molecule has 5 aromatic rings. The zero-order chi connectivity index (χ0) is 100. The molecule has 0 amide bonds. The molecule has 2 unspecified atom stereocenters. The molecule has 2 fully saturated rings. The number of carboxylic acids is 7. The largest absolute Gasteiger partial charge is 0.480 e. The van der Waals surface area contributed by atoms with Crippen molar-refractivity contribution in [2.75, 3.05) is 184 Å². The SMILES string of the molecule is CCCC.CCc1ccccc1.CCc1ccccc1.CN(C)CCN(C)CC(Cc1ccc(N)cc1)N(CC(=O)O)CC(=O)O.CN(C)[C@H]1CCCC[C@@H]1N(C)C[C@@H](Cc1ccc(N)cc1)N(CC(=O)O)CC(=O)O.CN1CCN(CC(=O)O)CCN(CC(=O)O)CC(Cc2ccc(N)cc2)N(CC(=O)O)CC1.O=C=O.O=C=O.O=C=O.O=C=O.O=C=O.O=C=O.O=C=O. The van der Waals surface area contributed by atoms with Gasteiger partial charge in [0.25, 0.3) is 0 Å². The normalized spacial score (nSPS) is 14.3. The smallest absolute Gasteiger partial charge is 0.373 e. The Kier molecular flexibility index (Phi) is 82.8. The molecule has 2 aliphatic rings. The number of aryl methyl sites for hydroxylation is 2. The van der Waals surface area contributed by atoms with Crippen molar-refractivity contribution in [2.24, 2.45) is 0 Å². The Morgan fingerprint density at radius 1 is 0.385 bits per heavy atom. The molecule has 5 aromatic carbocycles. The molecule has 0 spiro atoms. The number of hydrogen-bond donors (Lipinski definition) is 10. The minimum Gasteiger partial charge on any atom is -0.480 e. The Balaban J connectivity index is -0.000000364. The summed E-state index contributed by atoms with van der Waals surface area (Å²) in [6.45, 7) is 13.2. The van der Waals surface area contributed by atoms with Gasteiger partial charge >= 0.3 is 84.8 Å². The second-order valence-electron chi connectivity index (χ2n) is 29.3. The van der Waals surface area contributed by atoms with E-state index in [1.807, 2.05) is 93.8 Å². The van der Waals surface area contributed by atoms with Gasteiger partial charge in [0, 0.05) is 119 Å². The highest BCUT2D eigenvalue weighted by atomic mass is 16.4. The number of hydrogen-bond acceptors (Lipinski definition) is 34. The third-order valence-electron chi connectivity index (χ3n) is 19.0. The molecule has 0 bridgehead atoms. The Bertz CT molecular complexity index is 3890. The number of carbonyl (C=O) groups is 7. The van der Waals surface area contributed by atoms with Gasteiger partial charge in [-0.3, -0.25) is 58.1 Å². The van der Waals surface area contributed by atoms with Crippen LogP contribution in [0.1, 0.15) is 94.0 Å². The lowest BCUT2D eigenvalue weighted by atomic mass is 9.88. The van der Waals surface area contributed by atoms with E-state index in [-0.39, 0.29) is 107 Å². The molecule has 1 aliphatic carbocycles. The van der Waals surface area contributed by atoms with E-state index in [0.29, 0.717) is 107 Å². The number of unbranched alkanes of at least 4 members (excludes halogenated alkanes) is 1. The van der Waals surface area contributed by atoms with Crippen LogP contribution in [0.15, 0.2) is 133 Å². The molecule has 5 atom stereocenters. The molecule has 720 valence electrons. The zero-order valence-corrected chi connectivity index (χ0v) is 76.0. The van der Waals surface area contributed by atoms with E-state index in [9.17, 15) is 69.3 Å². The molecule has 1 saturated carbocycles. The molecule has 0 aromatic heterocycles. The number of likely N-dealkylation sites (N-methyl/N-ethyl adjacent to an activating group) is 5. The number of carbonyl (C=O) groups excluding carboxylic acids is 14. The van der Waals surface area contributed by atoms with Crippen LogP contribution in [0, 0.1) is 0 Å². The lowest BCUT2D eigenvalue weighted by Gasteiger charge is -2.43. The second-order valence-corrected chi connectivity index (χ2v) is 29.3. The zero-order valence-electron chi connectivity index (χ0n) is 76.0. The molecule has 41 heteroatoms. The maximum atomic E-state index is 11.6. The van der Waals surface area contributed by atoms with Crippen LogP contribution in [0.5, 0.6) is 0 Å². The van der Waals surface area contributed by atoms with Crippen molar-refractivity contribution < 1.29 is 136 Å². The third-order valence-corrected chi connectivity index (χ3v) is 19.0. The first-order valence-corrected chi connectivity index (χ1v) is 40.8. The van der Waals surface area contributed by atoms with E-state index in [4.69, 9.17) is 84.3 Å². The summed E-state index contributed by atoms with van der Waals surface area (Å²) >= 11 is 0. The van der Waals surface area contributed by atoms with E-state index in [1.165, 1.54) is 41.7 Å². The van der Waals surface area contributed by atoms with Crippen LogP contribution in [0.4, 0.5) is 17.1 Å². The summed E-state index contributed by atoms with van der Waals surface area (Å²) in [6.07, 6.45) is 12.9. The molecule has 130 heavy (non-hydrogen) atoms. The summed E-state index contributed by atoms with van der Waals surface area (Å²) in [5.41, 5.74) is 25.1. The number of nitrogens with two attached hydrogens (primary N) is 3. The van der Waals surface area contributed by atoms with E-state index in [2.05, 4.69) is 122 Å². The average molecular weight is 1830 g/mol. The molecule has 1 saturated heterocycles. The predicted molar refractivity (Wildman–Crippen MR) is 469 cm³/mol. The van der Waals surface area contributed by atoms with Crippen LogP contribution < -0.4 is 17.2 Å². The van der Waals surface area contributed by atoms with Crippen molar-refractivity contribution in [3.63, 3.8) is 0 Å². The van der Waals surface area contributed by atoms with Crippen LogP contribution in [-0.4, -0.2) is 367 Å². The summed E-state index contributed by atoms with van der Waals surface area (Å²) < 4.78 is 0. The van der Waals surface area contributed by atoms with Crippen molar-refractivity contribution in [2.45, 2.75) is 129 Å². The summed E-state index contributed by atoms with van der Waals surface area (Å²) in [6, 6.07) is 43.2. The highest BCUT2D eigenvalue weighted by Gasteiger charge is 2.34. The van der Waals surface area contributed by atoms with Crippen LogP contribution >= 0.6 is 0 Å². The molecule has 13 N–H and O–H groups in total. The standard InChI is InChI=1S/C22H35N5O6.C22H36N4O4.C18H30N4O4.2C8H10.C4H10.7CO2/c1-24-6-8-25(14-20(28)29)9-10-26(15-21(30)31)13-19(27(11-7-24)16-22(32)33)12-17-2-4-18(23)5-3-17;1-24(2)19-6-4-5-7-20(19)25(3)13-18(12-16-8-10-17(23)11-9-16)26(14-21(27)28)15-22(29)30;1-20(2)8-9-21(3)11-16(10-14-4-6-15(19)7-5-14)22(12-17(23)24)13-18(25)26;2*1-2-8-6-4-3-5-7-8;1-3-4-2;7*2-1-3/h2-5,19H,6-16,23H2,1H3,(H,28,29)(H,30,31)(H,32,33);8-11,18-20H,4-7,12-15,23H2,1-3H3,(H,27,28)(H,29,30);4-7,16H,8-13,19H2,1-3H3,(H,23,24)(H,25,26);2*3-7H,2H2,1H3;3-4H2,1-2H3;;;;;;;/t;18-,19+,20+;;;;;;;;;;;/m.1.........../s1. The minimum absolute atomic E-state index is 0.116. The van der Waals surface area contributed by atoms with Gasteiger partial charge in [0.2, 0.25) is 0 Å². The topological polar surface area (TPSA) is 611 Å². The van der Waals surface area contributed by atoms with Gasteiger partial charge in [-0.1, -0.05) is 150 Å². The summed E-state index contributed by atoms with van der Waals surface area (Å²) in [5, 5.41) is 65.3. The Morgan fingerprint density at radius 3 is 1.02 bits per heavy atom. The van der Waals surface area contributed by atoms with Crippen molar-refractivity contribution in [1.82, 2.24) is 49.0 Å². The van der Waals surface area contributed by atoms with E-state index in [1.54, 1.807) is 39.0 Å². The first kappa shape index (κ1) is 128. The van der Waals surface area contributed by atoms with Gasteiger partial charge in [-0.05, 0) is 158 Å². The van der Waals surface area contributed by atoms with Gasteiger partial charge < -0.3 is 77.4 Å². The molecule has 1 aliphatic heterocycles. The van der Waals surface area contributed by atoms with Crippen LogP contribution in [0.25, 0.3) is 0 Å². The number of carboxylic acid groups (broad SMARTS) is 7. The molecule has 1 heterocycles. The number of anilines is 3. The van der Waals surface area contributed by atoms with Crippen molar-refractivity contribution in [3.8, 4) is 0 Å². The molecule has 0 radical (unpaired) electrons. The Morgan fingerprint density at radius 2 is 0.700 bits per heavy atom. The maximum absolute atomic E-state index is 11.6. The van der Waals surface area contributed by atoms with Crippen molar-refractivity contribution in [3.05, 3.63) is 161 Å². The van der Waals surface area contributed by atoms with Crippen molar-refractivity contribution >= 4 is 102 Å². The number of nitrogen functional groups attached to an aromatic ring is 3. The lowest BCUT2D eigenvalue weighted by Crippen LogP contribution is -2.55. The van der Waals surface area contributed by atoms with Crippen LogP contribution in [0.3, 0.4) is 0 Å². The Hall–Kier alpha value is -12.9. The summed E-state index contributed by atoms with van der Waals surface area (Å²) in [4.78, 5) is 213. The summed E-state index contributed by atoms with van der Waals surface area (Å²) in [5.74, 6) is -6.97. The lowest BCUT2D eigenvalue weighted by molar-refractivity contribution is -0.193. The number of aliphatic carboxylic acids is 7. The Labute approximate surface area is 758 Å². The fourth-order valence-corrected chi connectivity index (χ4v) is 12.7. The molecule has 7 rings (SSSR count). The first-order valence-electron chi connectivity index (χ1n) is 40.8. The number of nitrogens with zero attached hydrogens (tertiary/aromatic N) is 10. The second kappa shape index (κ2) is 84.2. The molecular weight excluding hydrogens is 1700 g/mol. The van der Waals surface area contributed by atoms with Crippen LogP contribution in [-0.2, 0) is 133 Å². The van der Waals surface area contributed by atoms with Crippen molar-refractivity contribution in [1.29, 1.82) is 0 Å². The molecular formula is C89H131N13O28. The van der Waals surface area contributed by atoms with Gasteiger partial charge in [-0.2, -0.15) is 67.1 Å². The average Bonchev–Trinajstić information content (AvgIpc) is 0.831. The van der Waals surface area contributed by atoms with Gasteiger partial charge in [0.1, 0.15) is 0 Å². The minimum atomic E-state index is -1.04. The van der Waals surface area contributed by atoms with Gasteiger partial charge in [0.05, 0.1) is 45.8 Å².